The Kier molecular flexibility index (Phi) is 4.34. The minimum Gasteiger partial charge on any atom is -0.340 e. The van der Waals surface area contributed by atoms with E-state index in [2.05, 4.69) is 27.6 Å². The molecule has 132 valence electrons. The molecule has 2 aromatic rings. The highest BCUT2D eigenvalue weighted by atomic mass is 16.2. The van der Waals surface area contributed by atoms with Crippen LogP contribution in [-0.2, 0) is 0 Å². The molecule has 0 bridgehead atoms. The van der Waals surface area contributed by atoms with E-state index in [-0.39, 0.29) is 5.91 Å². The number of likely N-dealkylation sites (tertiary alicyclic amines) is 1. The van der Waals surface area contributed by atoms with E-state index in [0.717, 1.165) is 25.2 Å². The molecule has 0 aromatic carbocycles. The Morgan fingerprint density at radius 2 is 2.12 bits per heavy atom. The molecule has 1 aliphatic heterocycles. The van der Waals surface area contributed by atoms with E-state index in [0.29, 0.717) is 18.0 Å². The number of nitrogens with zero attached hydrogens (tertiary/aromatic N) is 4. The van der Waals surface area contributed by atoms with Crippen LogP contribution in [0.3, 0.4) is 0 Å². The van der Waals surface area contributed by atoms with Gasteiger partial charge in [-0.1, -0.05) is 6.07 Å². The normalized spacial score (nSPS) is 23.8. The van der Waals surface area contributed by atoms with Crippen molar-refractivity contribution in [3.05, 3.63) is 54.1 Å². The average Bonchev–Trinajstić information content (AvgIpc) is 3.24. The number of pyridine rings is 1. The van der Waals surface area contributed by atoms with E-state index in [9.17, 15) is 4.79 Å². The lowest BCUT2D eigenvalue weighted by molar-refractivity contribution is 0.0750. The van der Waals surface area contributed by atoms with Crippen molar-refractivity contribution >= 4 is 5.91 Å². The zero-order valence-electron chi connectivity index (χ0n) is 15.0. The molecule has 2 atom stereocenters. The second-order valence-electron chi connectivity index (χ2n) is 7.48. The molecule has 2 aromatic heterocycles. The molecule has 1 saturated heterocycles. The Morgan fingerprint density at radius 1 is 1.28 bits per heavy atom. The van der Waals surface area contributed by atoms with E-state index >= 15 is 0 Å². The number of rotatable bonds is 5. The zero-order valence-corrected chi connectivity index (χ0v) is 15.0. The molecule has 0 unspecified atom stereocenters. The largest absolute Gasteiger partial charge is 0.340 e. The van der Waals surface area contributed by atoms with Gasteiger partial charge in [0, 0.05) is 44.3 Å². The summed E-state index contributed by atoms with van der Waals surface area (Å²) in [5, 5.41) is 0. The molecule has 4 rings (SSSR count). The molecule has 5 heteroatoms. The predicted molar refractivity (Wildman–Crippen MR) is 97.4 cm³/mol. The molecule has 0 N–H and O–H groups in total. The quantitative estimate of drug-likeness (QED) is 0.842. The molecular formula is C20H26N4O. The van der Waals surface area contributed by atoms with Gasteiger partial charge in [0.2, 0.25) is 0 Å². The maximum Gasteiger partial charge on any atom is 0.270 e. The van der Waals surface area contributed by atoms with Gasteiger partial charge in [0.1, 0.15) is 5.69 Å². The summed E-state index contributed by atoms with van der Waals surface area (Å²) in [5.74, 6) is 0.573. The van der Waals surface area contributed by atoms with Gasteiger partial charge in [0.05, 0.1) is 0 Å². The molecule has 2 fully saturated rings. The standard InChI is InChI=1S/C20H26N4O/c1-22-12-9-16(19(22)15-5-3-10-21-13-15)14-23(2)20(25)18-6-4-11-24(18)17-7-8-17/h3-6,10-11,13,16-17,19H,7-9,12,14H2,1-2H3/t16-,19-/m0/s1. The van der Waals surface area contributed by atoms with Crippen LogP contribution in [0.25, 0.3) is 0 Å². The fourth-order valence-electron chi connectivity index (χ4n) is 4.17. The van der Waals surface area contributed by atoms with Gasteiger partial charge < -0.3 is 9.47 Å². The average molecular weight is 338 g/mol. The van der Waals surface area contributed by atoms with Crippen molar-refractivity contribution in [2.45, 2.75) is 31.3 Å². The number of hydrogen-bond donors (Lipinski definition) is 0. The van der Waals surface area contributed by atoms with Gasteiger partial charge in [0.15, 0.2) is 0 Å². The minimum absolute atomic E-state index is 0.136. The fourth-order valence-corrected chi connectivity index (χ4v) is 4.17. The summed E-state index contributed by atoms with van der Waals surface area (Å²) in [5.41, 5.74) is 2.07. The Balaban J connectivity index is 1.48. The van der Waals surface area contributed by atoms with Crippen LogP contribution < -0.4 is 0 Å². The van der Waals surface area contributed by atoms with Gasteiger partial charge in [-0.05, 0) is 62.5 Å². The number of carbonyl (C=O) groups is 1. The predicted octanol–water partition coefficient (Wildman–Crippen LogP) is 2.98. The maximum absolute atomic E-state index is 13.0. The molecule has 0 spiro atoms. The third kappa shape index (κ3) is 3.21. The monoisotopic (exact) mass is 338 g/mol. The van der Waals surface area contributed by atoms with Crippen molar-refractivity contribution in [3.8, 4) is 0 Å². The molecular weight excluding hydrogens is 312 g/mol. The number of carbonyl (C=O) groups excluding carboxylic acids is 1. The topological polar surface area (TPSA) is 41.4 Å². The van der Waals surface area contributed by atoms with Crippen LogP contribution in [-0.4, -0.2) is 52.4 Å². The molecule has 5 nitrogen and oxygen atoms in total. The van der Waals surface area contributed by atoms with Crippen molar-refractivity contribution in [3.63, 3.8) is 0 Å². The SMILES string of the molecule is CN(C[C@@H]1CCN(C)[C@H]1c1cccnc1)C(=O)c1cccn1C1CC1. The van der Waals surface area contributed by atoms with E-state index < -0.39 is 0 Å². The van der Waals surface area contributed by atoms with Crippen LogP contribution in [0.5, 0.6) is 0 Å². The Labute approximate surface area is 149 Å². The van der Waals surface area contributed by atoms with E-state index in [1.165, 1.54) is 18.4 Å². The Hall–Kier alpha value is -2.14. The lowest BCUT2D eigenvalue weighted by Crippen LogP contribution is -2.35. The van der Waals surface area contributed by atoms with Crippen LogP contribution in [0.2, 0.25) is 0 Å². The third-order valence-electron chi connectivity index (χ3n) is 5.59. The van der Waals surface area contributed by atoms with Gasteiger partial charge >= 0.3 is 0 Å². The maximum atomic E-state index is 13.0. The highest BCUT2D eigenvalue weighted by Crippen LogP contribution is 2.38. The molecule has 0 radical (unpaired) electrons. The number of aromatic nitrogens is 2. The van der Waals surface area contributed by atoms with Gasteiger partial charge in [0.25, 0.3) is 5.91 Å². The summed E-state index contributed by atoms with van der Waals surface area (Å²) in [6.07, 6.45) is 9.30. The van der Waals surface area contributed by atoms with Crippen LogP contribution in [0.15, 0.2) is 42.9 Å². The van der Waals surface area contributed by atoms with Crippen LogP contribution in [0, 0.1) is 5.92 Å². The molecule has 25 heavy (non-hydrogen) atoms. The van der Waals surface area contributed by atoms with Crippen molar-refractivity contribution in [1.82, 2.24) is 19.4 Å². The van der Waals surface area contributed by atoms with E-state index in [1.807, 2.05) is 48.7 Å². The van der Waals surface area contributed by atoms with E-state index in [1.54, 1.807) is 0 Å². The molecule has 1 aliphatic carbocycles. The summed E-state index contributed by atoms with van der Waals surface area (Å²) in [4.78, 5) is 21.5. The van der Waals surface area contributed by atoms with Crippen LogP contribution in [0.1, 0.15) is 47.4 Å². The molecule has 1 saturated carbocycles. The first kappa shape index (κ1) is 16.3. The fraction of sp³-hybridized carbons (Fsp3) is 0.500. The van der Waals surface area contributed by atoms with Crippen molar-refractivity contribution in [1.29, 1.82) is 0 Å². The smallest absolute Gasteiger partial charge is 0.270 e. The van der Waals surface area contributed by atoms with Crippen molar-refractivity contribution in [2.24, 2.45) is 5.92 Å². The second kappa shape index (κ2) is 6.64. The van der Waals surface area contributed by atoms with Gasteiger partial charge in [-0.3, -0.25) is 14.7 Å². The summed E-state index contributed by atoms with van der Waals surface area (Å²) in [6.45, 7) is 1.84. The number of amides is 1. The lowest BCUT2D eigenvalue weighted by Gasteiger charge is -2.29. The van der Waals surface area contributed by atoms with Gasteiger partial charge in [-0.2, -0.15) is 0 Å². The summed E-state index contributed by atoms with van der Waals surface area (Å²) >= 11 is 0. The summed E-state index contributed by atoms with van der Waals surface area (Å²) in [7, 11) is 4.10. The highest BCUT2D eigenvalue weighted by Gasteiger charge is 2.35. The molecule has 3 heterocycles. The van der Waals surface area contributed by atoms with E-state index in [4.69, 9.17) is 0 Å². The zero-order chi connectivity index (χ0) is 17.4. The minimum atomic E-state index is 0.136. The highest BCUT2D eigenvalue weighted by molar-refractivity contribution is 5.92. The lowest BCUT2D eigenvalue weighted by atomic mass is 9.94. The van der Waals surface area contributed by atoms with Gasteiger partial charge in [-0.25, -0.2) is 0 Å². The molecule has 1 amide bonds. The first-order chi connectivity index (χ1) is 12.1. The third-order valence-corrected chi connectivity index (χ3v) is 5.59. The molecule has 2 aliphatic rings. The first-order valence-electron chi connectivity index (χ1n) is 9.17. The second-order valence-corrected chi connectivity index (χ2v) is 7.48. The van der Waals surface area contributed by atoms with Crippen molar-refractivity contribution in [2.75, 3.05) is 27.2 Å². The Bertz CT molecular complexity index is 737. The van der Waals surface area contributed by atoms with Crippen LogP contribution >= 0.6 is 0 Å². The van der Waals surface area contributed by atoms with Crippen LogP contribution in [0.4, 0.5) is 0 Å². The first-order valence-corrected chi connectivity index (χ1v) is 9.17. The summed E-state index contributed by atoms with van der Waals surface area (Å²) < 4.78 is 2.15. The van der Waals surface area contributed by atoms with Gasteiger partial charge in [-0.15, -0.1) is 0 Å². The van der Waals surface area contributed by atoms with Crippen molar-refractivity contribution < 1.29 is 4.79 Å². The summed E-state index contributed by atoms with van der Waals surface area (Å²) in [6, 6.07) is 8.95. The Morgan fingerprint density at radius 3 is 2.84 bits per heavy atom. The number of hydrogen-bond acceptors (Lipinski definition) is 3.